The van der Waals surface area contributed by atoms with Crippen LogP contribution < -0.4 is 15.8 Å². The van der Waals surface area contributed by atoms with Gasteiger partial charge in [-0.05, 0) is 18.6 Å². The van der Waals surface area contributed by atoms with E-state index in [4.69, 9.17) is 10.5 Å². The SMILES string of the molecule is CCCn1cncc1C(Nc1cccc(OC)c1)C(N)=O. The van der Waals surface area contributed by atoms with Crippen LogP contribution in [0.1, 0.15) is 25.1 Å². The molecule has 6 heteroatoms. The van der Waals surface area contributed by atoms with Crippen molar-refractivity contribution >= 4 is 11.6 Å². The zero-order chi connectivity index (χ0) is 15.2. The van der Waals surface area contributed by atoms with Crippen LogP contribution in [0.5, 0.6) is 5.75 Å². The number of hydrogen-bond acceptors (Lipinski definition) is 4. The Kier molecular flexibility index (Phi) is 4.81. The van der Waals surface area contributed by atoms with Gasteiger partial charge in [0.2, 0.25) is 5.91 Å². The van der Waals surface area contributed by atoms with Crippen molar-refractivity contribution in [2.24, 2.45) is 5.73 Å². The summed E-state index contributed by atoms with van der Waals surface area (Å²) in [6, 6.07) is 6.73. The Morgan fingerprint density at radius 2 is 2.33 bits per heavy atom. The van der Waals surface area contributed by atoms with Gasteiger partial charge < -0.3 is 20.4 Å². The Hall–Kier alpha value is -2.50. The third kappa shape index (κ3) is 3.53. The van der Waals surface area contributed by atoms with Gasteiger partial charge in [-0.25, -0.2) is 4.98 Å². The number of anilines is 1. The molecule has 0 aliphatic rings. The van der Waals surface area contributed by atoms with Crippen LogP contribution >= 0.6 is 0 Å². The molecule has 0 aliphatic heterocycles. The quantitative estimate of drug-likeness (QED) is 0.815. The number of nitrogens with one attached hydrogen (secondary N) is 1. The lowest BCUT2D eigenvalue weighted by molar-refractivity contribution is -0.119. The number of ether oxygens (including phenoxy) is 1. The van der Waals surface area contributed by atoms with Crippen LogP contribution in [-0.2, 0) is 11.3 Å². The molecule has 0 saturated carbocycles. The highest BCUT2D eigenvalue weighted by Crippen LogP contribution is 2.23. The van der Waals surface area contributed by atoms with Crippen molar-refractivity contribution in [1.29, 1.82) is 0 Å². The molecular formula is C15H20N4O2. The minimum atomic E-state index is -0.633. The molecule has 1 atom stereocenters. The molecule has 1 heterocycles. The summed E-state index contributed by atoms with van der Waals surface area (Å²) in [5.74, 6) is 0.265. The van der Waals surface area contributed by atoms with Gasteiger partial charge in [-0.15, -0.1) is 0 Å². The standard InChI is InChI=1S/C15H20N4O2/c1-3-7-19-10-17-9-13(19)14(15(16)20)18-11-5-4-6-12(8-11)21-2/h4-6,8-10,14,18H,3,7H2,1-2H3,(H2,16,20). The number of aryl methyl sites for hydroxylation is 1. The maximum Gasteiger partial charge on any atom is 0.246 e. The topological polar surface area (TPSA) is 82.2 Å². The van der Waals surface area contributed by atoms with Gasteiger partial charge >= 0.3 is 0 Å². The largest absolute Gasteiger partial charge is 0.497 e. The molecule has 1 amide bonds. The van der Waals surface area contributed by atoms with E-state index in [-0.39, 0.29) is 0 Å². The molecule has 1 aromatic heterocycles. The first-order valence-corrected chi connectivity index (χ1v) is 6.85. The molecule has 0 fully saturated rings. The average molecular weight is 288 g/mol. The van der Waals surface area contributed by atoms with E-state index < -0.39 is 11.9 Å². The van der Waals surface area contributed by atoms with Crippen LogP contribution in [0.2, 0.25) is 0 Å². The minimum absolute atomic E-state index is 0.448. The first kappa shape index (κ1) is 14.9. The zero-order valence-corrected chi connectivity index (χ0v) is 12.2. The van der Waals surface area contributed by atoms with Gasteiger partial charge in [0.15, 0.2) is 0 Å². The third-order valence-electron chi connectivity index (χ3n) is 3.17. The predicted octanol–water partition coefficient (Wildman–Crippen LogP) is 1.94. The second-order valence-corrected chi connectivity index (χ2v) is 4.72. The molecule has 0 bridgehead atoms. The predicted molar refractivity (Wildman–Crippen MR) is 81.1 cm³/mol. The van der Waals surface area contributed by atoms with Gasteiger partial charge in [0, 0.05) is 18.3 Å². The van der Waals surface area contributed by atoms with Crippen molar-refractivity contribution in [1.82, 2.24) is 9.55 Å². The lowest BCUT2D eigenvalue weighted by Crippen LogP contribution is -2.29. The van der Waals surface area contributed by atoms with Crippen LogP contribution in [0.4, 0.5) is 5.69 Å². The fraction of sp³-hybridized carbons (Fsp3) is 0.333. The number of methoxy groups -OCH3 is 1. The Balaban J connectivity index is 2.26. The van der Waals surface area contributed by atoms with Crippen molar-refractivity contribution in [3.05, 3.63) is 42.5 Å². The molecule has 0 saturated heterocycles. The van der Waals surface area contributed by atoms with Crippen LogP contribution in [0.3, 0.4) is 0 Å². The fourth-order valence-electron chi connectivity index (χ4n) is 2.17. The zero-order valence-electron chi connectivity index (χ0n) is 12.2. The number of imidazole rings is 1. The average Bonchev–Trinajstić information content (AvgIpc) is 2.93. The second kappa shape index (κ2) is 6.78. The maximum atomic E-state index is 11.8. The van der Waals surface area contributed by atoms with Crippen molar-refractivity contribution < 1.29 is 9.53 Å². The summed E-state index contributed by atoms with van der Waals surface area (Å²) >= 11 is 0. The van der Waals surface area contributed by atoms with Crippen LogP contribution in [0.25, 0.3) is 0 Å². The van der Waals surface area contributed by atoms with E-state index in [9.17, 15) is 4.79 Å². The van der Waals surface area contributed by atoms with E-state index in [0.29, 0.717) is 5.75 Å². The molecule has 21 heavy (non-hydrogen) atoms. The van der Waals surface area contributed by atoms with Crippen LogP contribution in [0.15, 0.2) is 36.8 Å². The van der Waals surface area contributed by atoms with E-state index in [0.717, 1.165) is 24.3 Å². The van der Waals surface area contributed by atoms with Gasteiger partial charge in [0.1, 0.15) is 11.8 Å². The normalized spacial score (nSPS) is 11.9. The number of rotatable bonds is 7. The van der Waals surface area contributed by atoms with E-state index >= 15 is 0 Å². The van der Waals surface area contributed by atoms with Crippen LogP contribution in [-0.4, -0.2) is 22.6 Å². The molecule has 0 radical (unpaired) electrons. The Labute approximate surface area is 123 Å². The number of hydrogen-bond donors (Lipinski definition) is 2. The fourth-order valence-corrected chi connectivity index (χ4v) is 2.17. The van der Waals surface area contributed by atoms with Gasteiger partial charge in [0.05, 0.1) is 25.3 Å². The number of carbonyl (C=O) groups is 1. The monoisotopic (exact) mass is 288 g/mol. The lowest BCUT2D eigenvalue weighted by atomic mass is 10.1. The molecule has 2 rings (SSSR count). The lowest BCUT2D eigenvalue weighted by Gasteiger charge is -2.18. The first-order chi connectivity index (χ1) is 10.2. The van der Waals surface area contributed by atoms with E-state index in [1.165, 1.54) is 0 Å². The highest BCUT2D eigenvalue weighted by Gasteiger charge is 2.21. The summed E-state index contributed by atoms with van der Waals surface area (Å²) in [6.45, 7) is 2.86. The smallest absolute Gasteiger partial charge is 0.246 e. The third-order valence-corrected chi connectivity index (χ3v) is 3.17. The molecular weight excluding hydrogens is 268 g/mol. The second-order valence-electron chi connectivity index (χ2n) is 4.72. The first-order valence-electron chi connectivity index (χ1n) is 6.85. The molecule has 0 spiro atoms. The van der Waals surface area contributed by atoms with Gasteiger partial charge in [-0.1, -0.05) is 13.0 Å². The molecule has 6 nitrogen and oxygen atoms in total. The minimum Gasteiger partial charge on any atom is -0.497 e. The number of nitrogens with two attached hydrogens (primary N) is 1. The van der Waals surface area contributed by atoms with E-state index in [1.54, 1.807) is 19.6 Å². The number of aromatic nitrogens is 2. The molecule has 1 aromatic carbocycles. The summed E-state index contributed by atoms with van der Waals surface area (Å²) in [4.78, 5) is 15.9. The summed E-state index contributed by atoms with van der Waals surface area (Å²) in [5, 5.41) is 3.14. The van der Waals surface area contributed by atoms with Crippen molar-refractivity contribution in [3.63, 3.8) is 0 Å². The molecule has 2 aromatic rings. The molecule has 112 valence electrons. The highest BCUT2D eigenvalue weighted by molar-refractivity contribution is 5.84. The number of benzene rings is 1. The van der Waals surface area contributed by atoms with Crippen molar-refractivity contribution in [3.8, 4) is 5.75 Å². The van der Waals surface area contributed by atoms with E-state index in [1.807, 2.05) is 28.8 Å². The molecule has 0 aliphatic carbocycles. The van der Waals surface area contributed by atoms with Crippen LogP contribution in [0, 0.1) is 0 Å². The Morgan fingerprint density at radius 1 is 1.52 bits per heavy atom. The molecule has 1 unspecified atom stereocenters. The summed E-state index contributed by atoms with van der Waals surface area (Å²) in [5.41, 5.74) is 7.06. The Morgan fingerprint density at radius 3 is 3.00 bits per heavy atom. The van der Waals surface area contributed by atoms with E-state index in [2.05, 4.69) is 17.2 Å². The number of nitrogens with zero attached hydrogens (tertiary/aromatic N) is 2. The van der Waals surface area contributed by atoms with Gasteiger partial charge in [0.25, 0.3) is 0 Å². The summed E-state index contributed by atoms with van der Waals surface area (Å²) < 4.78 is 7.11. The van der Waals surface area contributed by atoms with Crippen molar-refractivity contribution in [2.75, 3.05) is 12.4 Å². The number of carbonyl (C=O) groups excluding carboxylic acids is 1. The Bertz CT molecular complexity index is 609. The van der Waals surface area contributed by atoms with Crippen molar-refractivity contribution in [2.45, 2.75) is 25.9 Å². The summed E-state index contributed by atoms with van der Waals surface area (Å²) in [7, 11) is 1.60. The van der Waals surface area contributed by atoms with Gasteiger partial charge in [-0.2, -0.15) is 0 Å². The van der Waals surface area contributed by atoms with Gasteiger partial charge in [-0.3, -0.25) is 4.79 Å². The summed E-state index contributed by atoms with van der Waals surface area (Å²) in [6.07, 6.45) is 4.33. The molecule has 3 N–H and O–H groups in total. The maximum absolute atomic E-state index is 11.8. The number of primary amides is 1. The highest BCUT2D eigenvalue weighted by atomic mass is 16.5. The number of amides is 1.